The highest BCUT2D eigenvalue weighted by Crippen LogP contribution is 2.35. The van der Waals surface area contributed by atoms with Gasteiger partial charge in [-0.3, -0.25) is 0 Å². The molecule has 0 spiro atoms. The standard InChI is InChI=1S/C18H21NO/c1-19-18(15-8-5-9-17(12-15)20-2)16-10-13-6-3-4-7-14(13)11-16/h3-9,12,16,18-19H,10-11H2,1-2H3. The highest BCUT2D eigenvalue weighted by molar-refractivity contribution is 5.36. The van der Waals surface area contributed by atoms with Crippen LogP contribution in [0.25, 0.3) is 0 Å². The lowest BCUT2D eigenvalue weighted by atomic mass is 9.90. The van der Waals surface area contributed by atoms with E-state index in [0.29, 0.717) is 12.0 Å². The van der Waals surface area contributed by atoms with Gasteiger partial charge in [0.15, 0.2) is 0 Å². The maximum Gasteiger partial charge on any atom is 0.119 e. The third kappa shape index (κ3) is 2.44. The van der Waals surface area contributed by atoms with Crippen molar-refractivity contribution >= 4 is 0 Å². The average Bonchev–Trinajstić information content (AvgIpc) is 2.91. The zero-order valence-electron chi connectivity index (χ0n) is 12.1. The molecule has 0 aromatic heterocycles. The van der Waals surface area contributed by atoms with Gasteiger partial charge in [-0.2, -0.15) is 0 Å². The van der Waals surface area contributed by atoms with E-state index in [-0.39, 0.29) is 0 Å². The summed E-state index contributed by atoms with van der Waals surface area (Å²) in [5.41, 5.74) is 4.31. The van der Waals surface area contributed by atoms with E-state index in [2.05, 4.69) is 47.8 Å². The summed E-state index contributed by atoms with van der Waals surface area (Å²) < 4.78 is 5.35. The molecule has 1 aliphatic carbocycles. The molecule has 2 nitrogen and oxygen atoms in total. The number of benzene rings is 2. The Morgan fingerprint density at radius 1 is 1.05 bits per heavy atom. The van der Waals surface area contributed by atoms with Crippen LogP contribution in [0.5, 0.6) is 5.75 Å². The van der Waals surface area contributed by atoms with Crippen LogP contribution in [0.1, 0.15) is 22.7 Å². The van der Waals surface area contributed by atoms with Gasteiger partial charge in [-0.15, -0.1) is 0 Å². The second-order valence-electron chi connectivity index (χ2n) is 5.48. The van der Waals surface area contributed by atoms with Crippen LogP contribution in [0.3, 0.4) is 0 Å². The maximum atomic E-state index is 5.35. The summed E-state index contributed by atoms with van der Waals surface area (Å²) >= 11 is 0. The predicted octanol–water partition coefficient (Wildman–Crippen LogP) is 3.37. The molecule has 1 N–H and O–H groups in total. The monoisotopic (exact) mass is 267 g/mol. The van der Waals surface area contributed by atoms with Crippen molar-refractivity contribution < 1.29 is 4.74 Å². The largest absolute Gasteiger partial charge is 0.497 e. The number of hydrogen-bond donors (Lipinski definition) is 1. The Morgan fingerprint density at radius 3 is 2.35 bits per heavy atom. The summed E-state index contributed by atoms with van der Waals surface area (Å²) in [6.45, 7) is 0. The molecule has 0 radical (unpaired) electrons. The van der Waals surface area contributed by atoms with Crippen molar-refractivity contribution in [2.45, 2.75) is 18.9 Å². The van der Waals surface area contributed by atoms with E-state index in [0.717, 1.165) is 18.6 Å². The maximum absolute atomic E-state index is 5.35. The highest BCUT2D eigenvalue weighted by Gasteiger charge is 2.28. The summed E-state index contributed by atoms with van der Waals surface area (Å²) in [5.74, 6) is 1.54. The molecule has 0 aliphatic heterocycles. The molecule has 1 aliphatic rings. The van der Waals surface area contributed by atoms with Crippen LogP contribution in [0.4, 0.5) is 0 Å². The van der Waals surface area contributed by atoms with Crippen LogP contribution < -0.4 is 10.1 Å². The van der Waals surface area contributed by atoms with E-state index in [1.54, 1.807) is 7.11 Å². The van der Waals surface area contributed by atoms with Crippen LogP contribution in [-0.4, -0.2) is 14.2 Å². The minimum atomic E-state index is 0.373. The van der Waals surface area contributed by atoms with Gasteiger partial charge < -0.3 is 10.1 Å². The molecule has 3 rings (SSSR count). The number of nitrogens with one attached hydrogen (secondary N) is 1. The van der Waals surface area contributed by atoms with E-state index in [9.17, 15) is 0 Å². The summed E-state index contributed by atoms with van der Waals surface area (Å²) in [5, 5.41) is 3.49. The fourth-order valence-electron chi connectivity index (χ4n) is 3.34. The summed E-state index contributed by atoms with van der Waals surface area (Å²) in [6.07, 6.45) is 2.30. The van der Waals surface area contributed by atoms with E-state index in [4.69, 9.17) is 4.74 Å². The molecular weight excluding hydrogens is 246 g/mol. The molecular formula is C18H21NO. The summed E-state index contributed by atoms with van der Waals surface area (Å²) in [6, 6.07) is 17.6. The van der Waals surface area contributed by atoms with Gasteiger partial charge in [-0.25, -0.2) is 0 Å². The van der Waals surface area contributed by atoms with Crippen molar-refractivity contribution in [2.75, 3.05) is 14.2 Å². The van der Waals surface area contributed by atoms with Crippen molar-refractivity contribution in [1.29, 1.82) is 0 Å². The van der Waals surface area contributed by atoms with Gasteiger partial charge in [0, 0.05) is 6.04 Å². The number of hydrogen-bond acceptors (Lipinski definition) is 2. The molecule has 0 fully saturated rings. The Morgan fingerprint density at radius 2 is 1.75 bits per heavy atom. The first-order valence-electron chi connectivity index (χ1n) is 7.20. The minimum Gasteiger partial charge on any atom is -0.497 e. The van der Waals surface area contributed by atoms with Gasteiger partial charge in [0.2, 0.25) is 0 Å². The summed E-state index contributed by atoms with van der Waals surface area (Å²) in [7, 11) is 3.77. The van der Waals surface area contributed by atoms with Gasteiger partial charge in [-0.05, 0) is 54.6 Å². The average molecular weight is 267 g/mol. The third-order valence-electron chi connectivity index (χ3n) is 4.32. The van der Waals surface area contributed by atoms with Gasteiger partial charge in [0.1, 0.15) is 5.75 Å². The Hall–Kier alpha value is -1.80. The molecule has 1 unspecified atom stereocenters. The van der Waals surface area contributed by atoms with Gasteiger partial charge in [0.25, 0.3) is 0 Å². The summed E-state index contributed by atoms with van der Waals surface area (Å²) in [4.78, 5) is 0. The molecule has 2 aromatic rings. The molecule has 0 amide bonds. The topological polar surface area (TPSA) is 21.3 Å². The van der Waals surface area contributed by atoms with Crippen molar-refractivity contribution in [3.63, 3.8) is 0 Å². The Labute approximate surface area is 120 Å². The number of methoxy groups -OCH3 is 1. The normalized spacial score (nSPS) is 15.9. The molecule has 0 saturated heterocycles. The smallest absolute Gasteiger partial charge is 0.119 e. The molecule has 104 valence electrons. The van der Waals surface area contributed by atoms with Crippen molar-refractivity contribution in [3.8, 4) is 5.75 Å². The Balaban J connectivity index is 1.85. The SMILES string of the molecule is CNC(c1cccc(OC)c1)C1Cc2ccccc2C1. The predicted molar refractivity (Wildman–Crippen MR) is 82.1 cm³/mol. The highest BCUT2D eigenvalue weighted by atomic mass is 16.5. The second-order valence-corrected chi connectivity index (χ2v) is 5.48. The lowest BCUT2D eigenvalue weighted by Crippen LogP contribution is -2.25. The van der Waals surface area contributed by atoms with Crippen molar-refractivity contribution in [1.82, 2.24) is 5.32 Å². The Kier molecular flexibility index (Phi) is 3.75. The first-order chi connectivity index (χ1) is 9.81. The molecule has 1 atom stereocenters. The molecule has 0 bridgehead atoms. The van der Waals surface area contributed by atoms with Gasteiger partial charge in [-0.1, -0.05) is 36.4 Å². The van der Waals surface area contributed by atoms with Crippen molar-refractivity contribution in [2.24, 2.45) is 5.92 Å². The lowest BCUT2D eigenvalue weighted by molar-refractivity contribution is 0.389. The van der Waals surface area contributed by atoms with Crippen molar-refractivity contribution in [3.05, 3.63) is 65.2 Å². The third-order valence-corrected chi connectivity index (χ3v) is 4.32. The van der Waals surface area contributed by atoms with Gasteiger partial charge in [0.05, 0.1) is 7.11 Å². The van der Waals surface area contributed by atoms with E-state index >= 15 is 0 Å². The molecule has 20 heavy (non-hydrogen) atoms. The zero-order valence-corrected chi connectivity index (χ0v) is 12.1. The number of rotatable bonds is 4. The zero-order chi connectivity index (χ0) is 13.9. The Bertz CT molecular complexity index is 568. The molecule has 2 aromatic carbocycles. The first-order valence-corrected chi connectivity index (χ1v) is 7.20. The second kappa shape index (κ2) is 5.68. The van der Waals surface area contributed by atoms with E-state index < -0.39 is 0 Å². The van der Waals surface area contributed by atoms with Crippen LogP contribution in [0, 0.1) is 5.92 Å². The van der Waals surface area contributed by atoms with Gasteiger partial charge >= 0.3 is 0 Å². The van der Waals surface area contributed by atoms with E-state index in [1.807, 2.05) is 13.1 Å². The molecule has 0 saturated carbocycles. The fourth-order valence-corrected chi connectivity index (χ4v) is 3.34. The first kappa shape index (κ1) is 13.2. The fraction of sp³-hybridized carbons (Fsp3) is 0.333. The quantitative estimate of drug-likeness (QED) is 0.917. The minimum absolute atomic E-state index is 0.373. The van der Waals surface area contributed by atoms with Crippen LogP contribution in [0.2, 0.25) is 0 Å². The lowest BCUT2D eigenvalue weighted by Gasteiger charge is -2.23. The van der Waals surface area contributed by atoms with E-state index in [1.165, 1.54) is 16.7 Å². The van der Waals surface area contributed by atoms with Crippen LogP contribution in [0.15, 0.2) is 48.5 Å². The molecule has 0 heterocycles. The van der Waals surface area contributed by atoms with Crippen LogP contribution >= 0.6 is 0 Å². The molecule has 2 heteroatoms. The number of ether oxygens (including phenoxy) is 1. The van der Waals surface area contributed by atoms with Crippen LogP contribution in [-0.2, 0) is 12.8 Å². The number of fused-ring (bicyclic) bond motifs is 1.